The Morgan fingerprint density at radius 2 is 2.00 bits per heavy atom. The van der Waals surface area contributed by atoms with Crippen molar-refractivity contribution in [3.63, 3.8) is 0 Å². The maximum atomic E-state index is 10.7. The first-order valence-electron chi connectivity index (χ1n) is 5.47. The average Bonchev–Trinajstić information content (AvgIpc) is 2.22. The van der Waals surface area contributed by atoms with E-state index in [0.29, 0.717) is 0 Å². The highest BCUT2D eigenvalue weighted by molar-refractivity contribution is 5.76. The van der Waals surface area contributed by atoms with Gasteiger partial charge in [0, 0.05) is 12.5 Å². The summed E-state index contributed by atoms with van der Waals surface area (Å²) in [4.78, 5) is 10.7. The Kier molecular flexibility index (Phi) is 6.58. The van der Waals surface area contributed by atoms with Gasteiger partial charge in [-0.1, -0.05) is 13.8 Å². The van der Waals surface area contributed by atoms with Gasteiger partial charge >= 0.3 is 0 Å². The van der Waals surface area contributed by atoms with Crippen molar-refractivity contribution in [2.75, 3.05) is 6.54 Å². The number of carbonyl (C=O) groups is 1. The molecule has 0 saturated carbocycles. The van der Waals surface area contributed by atoms with Gasteiger partial charge in [0.15, 0.2) is 0 Å². The van der Waals surface area contributed by atoms with Crippen LogP contribution in [0.1, 0.15) is 40.0 Å². The van der Waals surface area contributed by atoms with E-state index < -0.39 is 0 Å². The second kappa shape index (κ2) is 7.15. The van der Waals surface area contributed by atoms with Crippen molar-refractivity contribution in [1.82, 2.24) is 5.32 Å². The highest BCUT2D eigenvalue weighted by Crippen LogP contribution is 2.04. The zero-order valence-electron chi connectivity index (χ0n) is 9.97. The normalized spacial score (nSPS) is 14.3. The maximum absolute atomic E-state index is 10.7. The van der Waals surface area contributed by atoms with Gasteiger partial charge in [-0.15, -0.1) is 0 Å². The lowest BCUT2D eigenvalue weighted by molar-refractivity contribution is -0.121. The predicted octanol–water partition coefficient (Wildman–Crippen LogP) is 1.08. The number of primary amides is 1. The summed E-state index contributed by atoms with van der Waals surface area (Å²) in [5.74, 6) is 0.469. The van der Waals surface area contributed by atoms with Crippen molar-refractivity contribution in [3.05, 3.63) is 11.4 Å². The van der Waals surface area contributed by atoms with Crippen LogP contribution in [0, 0.1) is 5.92 Å². The third kappa shape index (κ3) is 5.99. The fourth-order valence-corrected chi connectivity index (χ4v) is 1.11. The van der Waals surface area contributed by atoms with Crippen molar-refractivity contribution in [2.45, 2.75) is 40.0 Å². The number of nitrogens with two attached hydrogens (primary N) is 2. The molecule has 1 amide bonds. The summed E-state index contributed by atoms with van der Waals surface area (Å²) >= 11 is 0. The molecule has 4 nitrogen and oxygen atoms in total. The van der Waals surface area contributed by atoms with Crippen LogP contribution in [-0.4, -0.2) is 12.5 Å². The van der Waals surface area contributed by atoms with E-state index in [1.807, 2.05) is 13.8 Å². The van der Waals surface area contributed by atoms with Gasteiger partial charge in [-0.2, -0.15) is 0 Å². The minimum absolute atomic E-state index is 0.0516. The molecular weight excluding hydrogens is 190 g/mol. The third-order valence-electron chi connectivity index (χ3n) is 2.61. The topological polar surface area (TPSA) is 81.1 Å². The molecule has 0 aromatic heterocycles. The standard InChI is InChI=1S/C11H23N3O/c1-4-8(2)10(12)14-7-5-6-9(3)11(13)15/h9,14H,4-7,12H2,1-3H3,(H2,13,15)/t9-/m1/s1. The number of hydrogen-bond donors (Lipinski definition) is 3. The molecular formula is C11H23N3O. The zero-order chi connectivity index (χ0) is 11.8. The van der Waals surface area contributed by atoms with Crippen LogP contribution in [0.25, 0.3) is 0 Å². The number of nitrogens with one attached hydrogen (secondary N) is 1. The average molecular weight is 213 g/mol. The highest BCUT2D eigenvalue weighted by atomic mass is 16.1. The first-order valence-corrected chi connectivity index (χ1v) is 5.47. The molecule has 1 atom stereocenters. The van der Waals surface area contributed by atoms with Crippen LogP contribution < -0.4 is 16.8 Å². The Hall–Kier alpha value is -1.19. The van der Waals surface area contributed by atoms with Crippen molar-refractivity contribution in [2.24, 2.45) is 17.4 Å². The molecule has 0 radical (unpaired) electrons. The number of hydrogen-bond acceptors (Lipinski definition) is 3. The molecule has 4 heteroatoms. The second-order valence-corrected chi connectivity index (χ2v) is 3.92. The van der Waals surface area contributed by atoms with Crippen LogP contribution in [0.15, 0.2) is 11.4 Å². The molecule has 0 aliphatic heterocycles. The van der Waals surface area contributed by atoms with Gasteiger partial charge in [0.2, 0.25) is 5.91 Å². The Morgan fingerprint density at radius 1 is 1.40 bits per heavy atom. The fourth-order valence-electron chi connectivity index (χ4n) is 1.11. The van der Waals surface area contributed by atoms with Gasteiger partial charge in [0.25, 0.3) is 0 Å². The van der Waals surface area contributed by atoms with Crippen LogP contribution >= 0.6 is 0 Å². The summed E-state index contributed by atoms with van der Waals surface area (Å²) in [5, 5.41) is 3.13. The molecule has 88 valence electrons. The molecule has 0 rings (SSSR count). The molecule has 0 aromatic carbocycles. The lowest BCUT2D eigenvalue weighted by Gasteiger charge is -2.10. The lowest BCUT2D eigenvalue weighted by Crippen LogP contribution is -2.25. The minimum atomic E-state index is -0.233. The van der Waals surface area contributed by atoms with E-state index in [2.05, 4.69) is 12.2 Å². The van der Waals surface area contributed by atoms with Crippen LogP contribution in [0.5, 0.6) is 0 Å². The molecule has 0 heterocycles. The van der Waals surface area contributed by atoms with Crippen LogP contribution in [0.4, 0.5) is 0 Å². The van der Waals surface area contributed by atoms with Gasteiger partial charge in [0.1, 0.15) is 0 Å². The highest BCUT2D eigenvalue weighted by Gasteiger charge is 2.07. The van der Waals surface area contributed by atoms with Crippen molar-refractivity contribution >= 4 is 5.91 Å². The molecule has 0 aromatic rings. The fraction of sp³-hybridized carbons (Fsp3) is 0.727. The smallest absolute Gasteiger partial charge is 0.220 e. The van der Waals surface area contributed by atoms with Crippen LogP contribution in [0.2, 0.25) is 0 Å². The quantitative estimate of drug-likeness (QED) is 0.553. The SMILES string of the molecule is CCC(C)=C(N)NCCC[C@@H](C)C(N)=O. The molecule has 5 N–H and O–H groups in total. The molecule has 0 fully saturated rings. The molecule has 0 spiro atoms. The predicted molar refractivity (Wildman–Crippen MR) is 62.8 cm³/mol. The van der Waals surface area contributed by atoms with E-state index in [1.54, 1.807) is 0 Å². The second-order valence-electron chi connectivity index (χ2n) is 3.92. The first kappa shape index (κ1) is 13.8. The molecule has 15 heavy (non-hydrogen) atoms. The first-order chi connectivity index (χ1) is 6.99. The number of allylic oxidation sites excluding steroid dienone is 1. The van der Waals surface area contributed by atoms with Crippen molar-refractivity contribution in [1.29, 1.82) is 0 Å². The monoisotopic (exact) mass is 213 g/mol. The zero-order valence-corrected chi connectivity index (χ0v) is 9.97. The summed E-state index contributed by atoms with van der Waals surface area (Å²) in [5.41, 5.74) is 12.1. The Labute approximate surface area is 92.1 Å². The summed E-state index contributed by atoms with van der Waals surface area (Å²) in [6.07, 6.45) is 2.67. The van der Waals surface area contributed by atoms with E-state index >= 15 is 0 Å². The Balaban J connectivity index is 3.68. The van der Waals surface area contributed by atoms with Crippen LogP contribution in [0.3, 0.4) is 0 Å². The molecule has 0 aliphatic rings. The minimum Gasteiger partial charge on any atom is -0.386 e. The van der Waals surface area contributed by atoms with E-state index in [-0.39, 0.29) is 11.8 Å². The molecule has 0 bridgehead atoms. The maximum Gasteiger partial charge on any atom is 0.220 e. The van der Waals surface area contributed by atoms with E-state index in [0.717, 1.165) is 37.2 Å². The number of rotatable bonds is 7. The van der Waals surface area contributed by atoms with Gasteiger partial charge in [0.05, 0.1) is 5.82 Å². The summed E-state index contributed by atoms with van der Waals surface area (Å²) in [6, 6.07) is 0. The van der Waals surface area contributed by atoms with Gasteiger partial charge in [-0.05, 0) is 31.8 Å². The van der Waals surface area contributed by atoms with E-state index in [9.17, 15) is 4.79 Å². The van der Waals surface area contributed by atoms with Crippen LogP contribution in [-0.2, 0) is 4.79 Å². The Bertz CT molecular complexity index is 236. The number of amides is 1. The van der Waals surface area contributed by atoms with Crippen molar-refractivity contribution in [3.8, 4) is 0 Å². The number of carbonyl (C=O) groups excluding carboxylic acids is 1. The van der Waals surface area contributed by atoms with E-state index in [4.69, 9.17) is 11.5 Å². The summed E-state index contributed by atoms with van der Waals surface area (Å²) in [7, 11) is 0. The molecule has 0 unspecified atom stereocenters. The van der Waals surface area contributed by atoms with Gasteiger partial charge in [-0.25, -0.2) is 0 Å². The third-order valence-corrected chi connectivity index (χ3v) is 2.61. The van der Waals surface area contributed by atoms with Gasteiger partial charge in [-0.3, -0.25) is 4.79 Å². The largest absolute Gasteiger partial charge is 0.386 e. The molecule has 0 saturated heterocycles. The van der Waals surface area contributed by atoms with Gasteiger partial charge < -0.3 is 16.8 Å². The molecule has 0 aliphatic carbocycles. The van der Waals surface area contributed by atoms with E-state index in [1.165, 1.54) is 0 Å². The van der Waals surface area contributed by atoms with Crippen molar-refractivity contribution < 1.29 is 4.79 Å². The Morgan fingerprint density at radius 3 is 2.47 bits per heavy atom. The lowest BCUT2D eigenvalue weighted by atomic mass is 10.1. The summed E-state index contributed by atoms with van der Waals surface area (Å²) in [6.45, 7) is 6.72. The summed E-state index contributed by atoms with van der Waals surface area (Å²) < 4.78 is 0.